The van der Waals surface area contributed by atoms with Crippen molar-refractivity contribution in [1.82, 2.24) is 10.3 Å². The van der Waals surface area contributed by atoms with Gasteiger partial charge >= 0.3 is 0 Å². The Kier molecular flexibility index (Phi) is 4.47. The molecule has 0 unspecified atom stereocenters. The van der Waals surface area contributed by atoms with Crippen molar-refractivity contribution in [3.63, 3.8) is 0 Å². The third-order valence-electron chi connectivity index (χ3n) is 2.74. The molecule has 0 aliphatic carbocycles. The minimum absolute atomic E-state index is 0.816. The predicted molar refractivity (Wildman–Crippen MR) is 69.9 cm³/mol. The molecule has 17 heavy (non-hydrogen) atoms. The van der Waals surface area contributed by atoms with E-state index in [9.17, 15) is 0 Å². The van der Waals surface area contributed by atoms with E-state index in [0.29, 0.717) is 0 Å². The van der Waals surface area contributed by atoms with Crippen LogP contribution in [0.5, 0.6) is 0 Å². The molecule has 0 aliphatic heterocycles. The maximum absolute atomic E-state index is 5.00. The molecule has 0 amide bonds. The number of hydrogen-bond donors (Lipinski definition) is 1. The molecule has 0 atom stereocenters. The van der Waals surface area contributed by atoms with Gasteiger partial charge in [-0.15, -0.1) is 0 Å². The number of ether oxygens (including phenoxy) is 1. The first-order valence-corrected chi connectivity index (χ1v) is 5.92. The number of nitrogens with one attached hydrogen (secondary N) is 1. The Hall–Kier alpha value is -1.45. The number of fused-ring (bicyclic) bond motifs is 1. The van der Waals surface area contributed by atoms with Crippen LogP contribution in [0.25, 0.3) is 10.8 Å². The normalized spacial score (nSPS) is 10.9. The van der Waals surface area contributed by atoms with Gasteiger partial charge in [0.1, 0.15) is 0 Å². The van der Waals surface area contributed by atoms with Crippen LogP contribution in [0.15, 0.2) is 36.7 Å². The largest absolute Gasteiger partial charge is 0.385 e. The highest BCUT2D eigenvalue weighted by atomic mass is 16.5. The van der Waals surface area contributed by atoms with E-state index >= 15 is 0 Å². The Morgan fingerprint density at radius 3 is 3.06 bits per heavy atom. The van der Waals surface area contributed by atoms with Crippen molar-refractivity contribution < 1.29 is 4.74 Å². The lowest BCUT2D eigenvalue weighted by Crippen LogP contribution is -2.15. The number of methoxy groups -OCH3 is 1. The van der Waals surface area contributed by atoms with Crippen molar-refractivity contribution in [3.05, 3.63) is 42.2 Å². The maximum atomic E-state index is 5.00. The second kappa shape index (κ2) is 6.33. The van der Waals surface area contributed by atoms with E-state index in [4.69, 9.17) is 4.74 Å². The minimum atomic E-state index is 0.816. The quantitative estimate of drug-likeness (QED) is 0.774. The number of nitrogens with zero attached hydrogens (tertiary/aromatic N) is 1. The van der Waals surface area contributed by atoms with Crippen molar-refractivity contribution >= 4 is 10.8 Å². The summed E-state index contributed by atoms with van der Waals surface area (Å²) >= 11 is 0. The van der Waals surface area contributed by atoms with E-state index in [1.165, 1.54) is 16.3 Å². The molecule has 2 rings (SSSR count). The van der Waals surface area contributed by atoms with Gasteiger partial charge < -0.3 is 10.1 Å². The molecule has 3 heteroatoms. The molecular formula is C14H18N2O. The SMILES string of the molecule is COCCCNCc1ccc2cnccc2c1. The van der Waals surface area contributed by atoms with E-state index in [0.717, 1.165) is 26.1 Å². The summed E-state index contributed by atoms with van der Waals surface area (Å²) in [5.41, 5.74) is 1.31. The fraction of sp³-hybridized carbons (Fsp3) is 0.357. The Balaban J connectivity index is 1.90. The molecule has 90 valence electrons. The fourth-order valence-electron chi connectivity index (χ4n) is 1.82. The average Bonchev–Trinajstić information content (AvgIpc) is 2.38. The summed E-state index contributed by atoms with van der Waals surface area (Å²) in [6, 6.07) is 8.52. The summed E-state index contributed by atoms with van der Waals surface area (Å²) < 4.78 is 5.00. The molecular weight excluding hydrogens is 212 g/mol. The highest BCUT2D eigenvalue weighted by molar-refractivity contribution is 5.81. The second-order valence-corrected chi connectivity index (χ2v) is 4.08. The number of aromatic nitrogens is 1. The van der Waals surface area contributed by atoms with Crippen LogP contribution < -0.4 is 5.32 Å². The lowest BCUT2D eigenvalue weighted by Gasteiger charge is -2.05. The van der Waals surface area contributed by atoms with Crippen molar-refractivity contribution in [2.24, 2.45) is 0 Å². The van der Waals surface area contributed by atoms with E-state index in [1.54, 1.807) is 7.11 Å². The first-order valence-electron chi connectivity index (χ1n) is 5.92. The lowest BCUT2D eigenvalue weighted by atomic mass is 10.1. The van der Waals surface area contributed by atoms with Crippen molar-refractivity contribution in [3.8, 4) is 0 Å². The van der Waals surface area contributed by atoms with Crippen LogP contribution in [0.4, 0.5) is 0 Å². The van der Waals surface area contributed by atoms with Gasteiger partial charge in [0.15, 0.2) is 0 Å². The molecule has 0 bridgehead atoms. The van der Waals surface area contributed by atoms with Crippen LogP contribution in [-0.4, -0.2) is 25.2 Å². The smallest absolute Gasteiger partial charge is 0.0474 e. The van der Waals surface area contributed by atoms with Gasteiger partial charge in [-0.2, -0.15) is 0 Å². The second-order valence-electron chi connectivity index (χ2n) is 4.08. The van der Waals surface area contributed by atoms with E-state index < -0.39 is 0 Å². The fourth-order valence-corrected chi connectivity index (χ4v) is 1.82. The Morgan fingerprint density at radius 1 is 1.24 bits per heavy atom. The van der Waals surface area contributed by atoms with E-state index in [-0.39, 0.29) is 0 Å². The summed E-state index contributed by atoms with van der Waals surface area (Å²) in [5.74, 6) is 0. The summed E-state index contributed by atoms with van der Waals surface area (Å²) in [6.07, 6.45) is 4.78. The van der Waals surface area contributed by atoms with Crippen LogP contribution >= 0.6 is 0 Å². The average molecular weight is 230 g/mol. The van der Waals surface area contributed by atoms with Gasteiger partial charge in [-0.3, -0.25) is 4.98 Å². The molecule has 1 aromatic heterocycles. The molecule has 0 fully saturated rings. The Bertz CT molecular complexity index is 470. The Morgan fingerprint density at radius 2 is 2.18 bits per heavy atom. The molecule has 3 nitrogen and oxygen atoms in total. The van der Waals surface area contributed by atoms with Gasteiger partial charge in [0.25, 0.3) is 0 Å². The van der Waals surface area contributed by atoms with Crippen LogP contribution in [0.3, 0.4) is 0 Å². The highest BCUT2D eigenvalue weighted by Gasteiger charge is 1.96. The van der Waals surface area contributed by atoms with Crippen LogP contribution in [-0.2, 0) is 11.3 Å². The van der Waals surface area contributed by atoms with Crippen molar-refractivity contribution in [2.75, 3.05) is 20.3 Å². The predicted octanol–water partition coefficient (Wildman–Crippen LogP) is 2.36. The first-order chi connectivity index (χ1) is 8.40. The molecule has 1 heterocycles. The number of rotatable bonds is 6. The first kappa shape index (κ1) is 12.0. The lowest BCUT2D eigenvalue weighted by molar-refractivity contribution is 0.194. The van der Waals surface area contributed by atoms with Crippen LogP contribution in [0.1, 0.15) is 12.0 Å². The zero-order chi connectivity index (χ0) is 11.9. The number of hydrogen-bond acceptors (Lipinski definition) is 3. The zero-order valence-electron chi connectivity index (χ0n) is 10.1. The Labute approximate surface area is 102 Å². The summed E-state index contributed by atoms with van der Waals surface area (Å²) in [7, 11) is 1.73. The maximum Gasteiger partial charge on any atom is 0.0474 e. The van der Waals surface area contributed by atoms with Gasteiger partial charge in [0, 0.05) is 38.0 Å². The van der Waals surface area contributed by atoms with Crippen LogP contribution in [0.2, 0.25) is 0 Å². The van der Waals surface area contributed by atoms with Crippen molar-refractivity contribution in [2.45, 2.75) is 13.0 Å². The molecule has 0 saturated heterocycles. The molecule has 2 aromatic rings. The molecule has 0 radical (unpaired) electrons. The minimum Gasteiger partial charge on any atom is -0.385 e. The third kappa shape index (κ3) is 3.51. The van der Waals surface area contributed by atoms with Gasteiger partial charge in [-0.05, 0) is 36.0 Å². The zero-order valence-corrected chi connectivity index (χ0v) is 10.1. The van der Waals surface area contributed by atoms with Crippen LogP contribution in [0, 0.1) is 0 Å². The van der Waals surface area contributed by atoms with E-state index in [2.05, 4.69) is 28.5 Å². The summed E-state index contributed by atoms with van der Waals surface area (Å²) in [4.78, 5) is 4.11. The molecule has 0 spiro atoms. The number of benzene rings is 1. The summed E-state index contributed by atoms with van der Waals surface area (Å²) in [6.45, 7) is 2.71. The highest BCUT2D eigenvalue weighted by Crippen LogP contribution is 2.14. The topological polar surface area (TPSA) is 34.1 Å². The van der Waals surface area contributed by atoms with Crippen molar-refractivity contribution in [1.29, 1.82) is 0 Å². The third-order valence-corrected chi connectivity index (χ3v) is 2.74. The molecule has 0 saturated carbocycles. The standard InChI is InChI=1S/C14H18N2O/c1-17-8-2-6-15-10-12-3-4-14-11-16-7-5-13(14)9-12/h3-5,7,9,11,15H,2,6,8,10H2,1H3. The molecule has 1 aromatic carbocycles. The van der Waals surface area contributed by atoms with Gasteiger partial charge in [0.2, 0.25) is 0 Å². The monoisotopic (exact) mass is 230 g/mol. The van der Waals surface area contributed by atoms with Gasteiger partial charge in [-0.25, -0.2) is 0 Å². The van der Waals surface area contributed by atoms with Gasteiger partial charge in [-0.1, -0.05) is 12.1 Å². The van der Waals surface area contributed by atoms with Gasteiger partial charge in [0.05, 0.1) is 0 Å². The number of pyridine rings is 1. The summed E-state index contributed by atoms with van der Waals surface area (Å²) in [5, 5.41) is 5.84. The molecule has 0 aliphatic rings. The van der Waals surface area contributed by atoms with E-state index in [1.807, 2.05) is 18.5 Å². The molecule has 1 N–H and O–H groups in total.